The normalized spacial score (nSPS) is 10.7. The lowest BCUT2D eigenvalue weighted by Gasteiger charge is -2.10. The molecule has 0 unspecified atom stereocenters. The minimum absolute atomic E-state index is 0.293. The first-order chi connectivity index (χ1) is 12.5. The van der Waals surface area contributed by atoms with Crippen molar-refractivity contribution in [3.05, 3.63) is 58.7 Å². The van der Waals surface area contributed by atoms with Gasteiger partial charge in [-0.05, 0) is 49.7 Å². The summed E-state index contributed by atoms with van der Waals surface area (Å²) in [5.74, 6) is 0.430. The second-order valence-corrected chi connectivity index (χ2v) is 6.22. The maximum atomic E-state index is 12.3. The minimum atomic E-state index is -0.293. The van der Waals surface area contributed by atoms with E-state index in [-0.39, 0.29) is 5.91 Å². The van der Waals surface area contributed by atoms with Gasteiger partial charge in [-0.3, -0.25) is 9.48 Å². The van der Waals surface area contributed by atoms with Gasteiger partial charge in [0.05, 0.1) is 11.4 Å². The Hall–Kier alpha value is -2.86. The van der Waals surface area contributed by atoms with E-state index in [0.717, 1.165) is 29.9 Å². The molecule has 0 atom stereocenters. The zero-order valence-electron chi connectivity index (χ0n) is 14.7. The molecular formula is C19H20ClN5O. The SMILES string of the molecule is CCc1cc(-c2ccc(NC(=O)c3cccc(Cl)c3)nc2N)n(CC)n1. The van der Waals surface area contributed by atoms with Crippen LogP contribution >= 0.6 is 11.6 Å². The number of carbonyl (C=O) groups is 1. The number of nitrogen functional groups attached to an aromatic ring is 1. The van der Waals surface area contributed by atoms with Crippen LogP contribution < -0.4 is 11.1 Å². The van der Waals surface area contributed by atoms with Crippen LogP contribution in [-0.4, -0.2) is 20.7 Å². The molecule has 2 heterocycles. The third-order valence-corrected chi connectivity index (χ3v) is 4.26. The van der Waals surface area contributed by atoms with Gasteiger partial charge in [-0.1, -0.05) is 24.6 Å². The Kier molecular flexibility index (Phi) is 5.23. The summed E-state index contributed by atoms with van der Waals surface area (Å²) in [5.41, 5.74) is 9.31. The standard InChI is InChI=1S/C19H20ClN5O/c1-3-14-11-16(25(4-2)24-14)15-8-9-17(22-18(15)21)23-19(26)12-6-5-7-13(20)10-12/h5-11H,3-4H2,1-2H3,(H3,21,22,23,26). The highest BCUT2D eigenvalue weighted by molar-refractivity contribution is 6.31. The van der Waals surface area contributed by atoms with Crippen LogP contribution in [0.15, 0.2) is 42.5 Å². The van der Waals surface area contributed by atoms with Crippen LogP contribution in [0.1, 0.15) is 29.9 Å². The number of hydrogen-bond donors (Lipinski definition) is 2. The largest absolute Gasteiger partial charge is 0.383 e. The fraction of sp³-hybridized carbons (Fsp3) is 0.211. The molecule has 1 aromatic carbocycles. The van der Waals surface area contributed by atoms with E-state index in [1.807, 2.05) is 23.7 Å². The van der Waals surface area contributed by atoms with Crippen molar-refractivity contribution in [2.24, 2.45) is 0 Å². The Bertz CT molecular complexity index is 951. The summed E-state index contributed by atoms with van der Waals surface area (Å²) in [6.45, 7) is 4.82. The van der Waals surface area contributed by atoms with Gasteiger partial charge < -0.3 is 11.1 Å². The summed E-state index contributed by atoms with van der Waals surface area (Å²) in [6.07, 6.45) is 0.848. The molecular weight excluding hydrogens is 350 g/mol. The van der Waals surface area contributed by atoms with Gasteiger partial charge in [0, 0.05) is 22.7 Å². The molecule has 26 heavy (non-hydrogen) atoms. The number of hydrogen-bond acceptors (Lipinski definition) is 4. The number of nitrogens with one attached hydrogen (secondary N) is 1. The van der Waals surface area contributed by atoms with E-state index in [4.69, 9.17) is 17.3 Å². The molecule has 0 radical (unpaired) electrons. The fourth-order valence-corrected chi connectivity index (χ4v) is 2.87. The topological polar surface area (TPSA) is 85.8 Å². The van der Waals surface area contributed by atoms with E-state index in [1.165, 1.54) is 0 Å². The monoisotopic (exact) mass is 369 g/mol. The van der Waals surface area contributed by atoms with Crippen LogP contribution in [0, 0.1) is 0 Å². The highest BCUT2D eigenvalue weighted by atomic mass is 35.5. The molecule has 7 heteroatoms. The minimum Gasteiger partial charge on any atom is -0.383 e. The van der Waals surface area contributed by atoms with Crippen molar-refractivity contribution < 1.29 is 4.79 Å². The summed E-state index contributed by atoms with van der Waals surface area (Å²) < 4.78 is 1.90. The summed E-state index contributed by atoms with van der Waals surface area (Å²) in [6, 6.07) is 12.3. The molecule has 0 aliphatic carbocycles. The Morgan fingerprint density at radius 3 is 2.69 bits per heavy atom. The van der Waals surface area contributed by atoms with E-state index < -0.39 is 0 Å². The number of aryl methyl sites for hydroxylation is 2. The van der Waals surface area contributed by atoms with Crippen molar-refractivity contribution in [1.82, 2.24) is 14.8 Å². The summed E-state index contributed by atoms with van der Waals surface area (Å²) in [7, 11) is 0. The third kappa shape index (κ3) is 3.70. The molecule has 0 aliphatic rings. The van der Waals surface area contributed by atoms with Gasteiger partial charge in [0.15, 0.2) is 0 Å². The number of nitrogens with zero attached hydrogens (tertiary/aromatic N) is 3. The van der Waals surface area contributed by atoms with Gasteiger partial charge in [0.1, 0.15) is 11.6 Å². The van der Waals surface area contributed by atoms with Crippen LogP contribution in [0.3, 0.4) is 0 Å². The number of pyridine rings is 1. The fourth-order valence-electron chi connectivity index (χ4n) is 2.68. The molecule has 3 N–H and O–H groups in total. The van der Waals surface area contributed by atoms with Crippen LogP contribution in [0.2, 0.25) is 5.02 Å². The van der Waals surface area contributed by atoms with Crippen molar-refractivity contribution in [3.63, 3.8) is 0 Å². The number of benzene rings is 1. The number of rotatable bonds is 5. The van der Waals surface area contributed by atoms with Crippen molar-refractivity contribution >= 4 is 29.1 Å². The molecule has 1 amide bonds. The number of halogens is 1. The number of nitrogens with two attached hydrogens (primary N) is 1. The maximum absolute atomic E-state index is 12.3. The van der Waals surface area contributed by atoms with Crippen LogP contribution in [0.25, 0.3) is 11.3 Å². The lowest BCUT2D eigenvalue weighted by atomic mass is 10.1. The maximum Gasteiger partial charge on any atom is 0.256 e. The Morgan fingerprint density at radius 2 is 2.04 bits per heavy atom. The first kappa shape index (κ1) is 17.9. The first-order valence-corrected chi connectivity index (χ1v) is 8.80. The zero-order chi connectivity index (χ0) is 18.7. The highest BCUT2D eigenvalue weighted by Gasteiger charge is 2.14. The number of anilines is 2. The predicted molar refractivity (Wildman–Crippen MR) is 104 cm³/mol. The average molecular weight is 370 g/mol. The molecule has 6 nitrogen and oxygen atoms in total. The van der Waals surface area contributed by atoms with Gasteiger partial charge >= 0.3 is 0 Å². The smallest absolute Gasteiger partial charge is 0.256 e. The van der Waals surface area contributed by atoms with Gasteiger partial charge in [0.25, 0.3) is 5.91 Å². The molecule has 3 aromatic rings. The van der Waals surface area contributed by atoms with Crippen LogP contribution in [-0.2, 0) is 13.0 Å². The lowest BCUT2D eigenvalue weighted by molar-refractivity contribution is 0.102. The van der Waals surface area contributed by atoms with Crippen molar-refractivity contribution in [2.45, 2.75) is 26.8 Å². The van der Waals surface area contributed by atoms with Crippen molar-refractivity contribution in [1.29, 1.82) is 0 Å². The first-order valence-electron chi connectivity index (χ1n) is 8.42. The second-order valence-electron chi connectivity index (χ2n) is 5.78. The van der Waals surface area contributed by atoms with E-state index in [9.17, 15) is 4.79 Å². The Morgan fingerprint density at radius 1 is 1.23 bits per heavy atom. The molecule has 0 spiro atoms. The summed E-state index contributed by atoms with van der Waals surface area (Å²) in [5, 5.41) is 7.77. The molecule has 0 bridgehead atoms. The van der Waals surface area contributed by atoms with Crippen LogP contribution in [0.4, 0.5) is 11.6 Å². The van der Waals surface area contributed by atoms with Gasteiger partial charge in [0.2, 0.25) is 0 Å². The molecule has 0 saturated heterocycles. The average Bonchev–Trinajstić information content (AvgIpc) is 3.05. The van der Waals surface area contributed by atoms with Gasteiger partial charge in [-0.2, -0.15) is 5.10 Å². The molecule has 0 aliphatic heterocycles. The quantitative estimate of drug-likeness (QED) is 0.711. The Labute approximate surface area is 157 Å². The second kappa shape index (κ2) is 7.58. The Balaban J connectivity index is 1.86. The predicted octanol–water partition coefficient (Wildman–Crippen LogP) is 4.02. The molecule has 2 aromatic heterocycles. The van der Waals surface area contributed by atoms with E-state index >= 15 is 0 Å². The highest BCUT2D eigenvalue weighted by Crippen LogP contribution is 2.27. The number of aromatic nitrogens is 3. The van der Waals surface area contributed by atoms with Gasteiger partial charge in [-0.15, -0.1) is 0 Å². The molecule has 3 rings (SSSR count). The molecule has 134 valence electrons. The number of carbonyl (C=O) groups excluding carboxylic acids is 1. The van der Waals surface area contributed by atoms with Crippen LogP contribution in [0.5, 0.6) is 0 Å². The van der Waals surface area contributed by atoms with E-state index in [1.54, 1.807) is 30.3 Å². The van der Waals surface area contributed by atoms with E-state index in [2.05, 4.69) is 22.3 Å². The lowest BCUT2D eigenvalue weighted by Crippen LogP contribution is -2.13. The third-order valence-electron chi connectivity index (χ3n) is 4.02. The summed E-state index contributed by atoms with van der Waals surface area (Å²) in [4.78, 5) is 16.6. The number of amides is 1. The molecule has 0 fully saturated rings. The van der Waals surface area contributed by atoms with E-state index in [0.29, 0.717) is 22.2 Å². The van der Waals surface area contributed by atoms with Crippen molar-refractivity contribution in [3.8, 4) is 11.3 Å². The van der Waals surface area contributed by atoms with Crippen molar-refractivity contribution in [2.75, 3.05) is 11.1 Å². The molecule has 0 saturated carbocycles. The zero-order valence-corrected chi connectivity index (χ0v) is 15.4. The van der Waals surface area contributed by atoms with Gasteiger partial charge in [-0.25, -0.2) is 4.98 Å². The summed E-state index contributed by atoms with van der Waals surface area (Å²) >= 11 is 5.92.